The topological polar surface area (TPSA) is 70.6 Å². The van der Waals surface area contributed by atoms with Gasteiger partial charge in [0.25, 0.3) is 0 Å². The number of benzene rings is 2. The standard InChI is InChI=1S/C19H19N3O2/c1-4-15(20-5-2)12-21-18(23)19(24)22-17-13(3)10-11-14-8-6-7-9-16(14)17/h4-11H,1-2,12H2,3H3,(H,21,23)(H,22,24). The van der Waals surface area contributed by atoms with E-state index in [0.29, 0.717) is 11.4 Å². The second-order valence-corrected chi connectivity index (χ2v) is 5.12. The van der Waals surface area contributed by atoms with Gasteiger partial charge in [0.15, 0.2) is 0 Å². The van der Waals surface area contributed by atoms with Crippen LogP contribution >= 0.6 is 0 Å². The van der Waals surface area contributed by atoms with Crippen LogP contribution < -0.4 is 10.6 Å². The summed E-state index contributed by atoms with van der Waals surface area (Å²) in [5.41, 5.74) is 2.04. The SMILES string of the molecule is C=CN=C(C=C)CNC(=O)C(=O)Nc1c(C)ccc2ccccc12. The average Bonchev–Trinajstić information content (AvgIpc) is 2.60. The summed E-state index contributed by atoms with van der Waals surface area (Å²) in [7, 11) is 0. The number of amides is 2. The van der Waals surface area contributed by atoms with Crippen molar-refractivity contribution in [2.45, 2.75) is 6.92 Å². The van der Waals surface area contributed by atoms with E-state index >= 15 is 0 Å². The quantitative estimate of drug-likeness (QED) is 0.656. The molecule has 0 unspecified atom stereocenters. The van der Waals surface area contributed by atoms with E-state index in [1.54, 1.807) is 0 Å². The van der Waals surface area contributed by atoms with Gasteiger partial charge in [-0.25, -0.2) is 0 Å². The van der Waals surface area contributed by atoms with Crippen molar-refractivity contribution >= 4 is 34.0 Å². The zero-order chi connectivity index (χ0) is 17.5. The van der Waals surface area contributed by atoms with Gasteiger partial charge in [0, 0.05) is 11.6 Å². The maximum atomic E-state index is 12.2. The molecule has 2 aromatic carbocycles. The number of nitrogens with zero attached hydrogens (tertiary/aromatic N) is 1. The molecule has 0 saturated carbocycles. The Hall–Kier alpha value is -3.21. The van der Waals surface area contributed by atoms with E-state index in [-0.39, 0.29) is 6.54 Å². The Morgan fingerprint density at radius 1 is 1.12 bits per heavy atom. The summed E-state index contributed by atoms with van der Waals surface area (Å²) in [5.74, 6) is -1.46. The van der Waals surface area contributed by atoms with Crippen molar-refractivity contribution in [2.24, 2.45) is 4.99 Å². The van der Waals surface area contributed by atoms with Gasteiger partial charge in [-0.3, -0.25) is 14.6 Å². The second kappa shape index (κ2) is 7.87. The molecule has 0 heterocycles. The van der Waals surface area contributed by atoms with Crippen LogP contribution in [0.4, 0.5) is 5.69 Å². The molecule has 2 aromatic rings. The minimum Gasteiger partial charge on any atom is -0.342 e. The molecule has 0 aliphatic carbocycles. The van der Waals surface area contributed by atoms with Crippen molar-refractivity contribution in [3.05, 3.63) is 67.4 Å². The van der Waals surface area contributed by atoms with Gasteiger partial charge in [-0.15, -0.1) is 0 Å². The third kappa shape index (κ3) is 3.95. The Balaban J connectivity index is 2.14. The molecule has 5 nitrogen and oxygen atoms in total. The number of hydrogen-bond donors (Lipinski definition) is 2. The monoisotopic (exact) mass is 321 g/mol. The first-order chi connectivity index (χ1) is 11.6. The highest BCUT2D eigenvalue weighted by Gasteiger charge is 2.16. The lowest BCUT2D eigenvalue weighted by atomic mass is 10.0. The molecular formula is C19H19N3O2. The second-order valence-electron chi connectivity index (χ2n) is 5.12. The third-order valence-electron chi connectivity index (χ3n) is 3.50. The van der Waals surface area contributed by atoms with Gasteiger partial charge in [-0.1, -0.05) is 49.6 Å². The van der Waals surface area contributed by atoms with Crippen LogP contribution in [-0.4, -0.2) is 24.1 Å². The van der Waals surface area contributed by atoms with Crippen LogP contribution in [0, 0.1) is 6.92 Å². The van der Waals surface area contributed by atoms with E-state index in [9.17, 15) is 9.59 Å². The highest BCUT2D eigenvalue weighted by atomic mass is 16.2. The van der Waals surface area contributed by atoms with Crippen molar-refractivity contribution < 1.29 is 9.59 Å². The Bertz CT molecular complexity index is 838. The minimum absolute atomic E-state index is 0.107. The molecule has 0 aromatic heterocycles. The molecule has 122 valence electrons. The van der Waals surface area contributed by atoms with Crippen LogP contribution in [0.1, 0.15) is 5.56 Å². The molecule has 24 heavy (non-hydrogen) atoms. The van der Waals surface area contributed by atoms with Crippen LogP contribution in [0.5, 0.6) is 0 Å². The molecule has 0 aliphatic heterocycles. The van der Waals surface area contributed by atoms with Crippen LogP contribution in [0.15, 0.2) is 66.8 Å². The lowest BCUT2D eigenvalue weighted by Crippen LogP contribution is -2.38. The van der Waals surface area contributed by atoms with Crippen molar-refractivity contribution in [1.29, 1.82) is 0 Å². The molecule has 5 heteroatoms. The summed E-state index contributed by atoms with van der Waals surface area (Å²) < 4.78 is 0. The van der Waals surface area contributed by atoms with Crippen molar-refractivity contribution in [3.8, 4) is 0 Å². The normalized spacial score (nSPS) is 11.0. The van der Waals surface area contributed by atoms with Crippen molar-refractivity contribution in [3.63, 3.8) is 0 Å². The first kappa shape index (κ1) is 17.1. The van der Waals surface area contributed by atoms with Gasteiger partial charge in [-0.05, 0) is 23.9 Å². The minimum atomic E-state index is -0.735. The number of aliphatic imine (C=N–C) groups is 1. The highest BCUT2D eigenvalue weighted by molar-refractivity contribution is 6.40. The van der Waals surface area contributed by atoms with Crippen molar-refractivity contribution in [1.82, 2.24) is 5.32 Å². The van der Waals surface area contributed by atoms with E-state index in [1.807, 2.05) is 43.3 Å². The summed E-state index contributed by atoms with van der Waals surface area (Å²) >= 11 is 0. The fourth-order valence-electron chi connectivity index (χ4n) is 2.26. The molecule has 0 bridgehead atoms. The number of anilines is 1. The van der Waals surface area contributed by atoms with Gasteiger partial charge in [0.05, 0.1) is 17.9 Å². The lowest BCUT2D eigenvalue weighted by molar-refractivity contribution is -0.135. The Labute approximate surface area is 140 Å². The van der Waals surface area contributed by atoms with Gasteiger partial charge in [-0.2, -0.15) is 0 Å². The fourth-order valence-corrected chi connectivity index (χ4v) is 2.26. The number of hydrogen-bond acceptors (Lipinski definition) is 3. The molecule has 2 rings (SSSR count). The number of carbonyl (C=O) groups excluding carboxylic acids is 2. The fraction of sp³-hybridized carbons (Fsp3) is 0.105. The van der Waals surface area contributed by atoms with Crippen LogP contribution in [0.25, 0.3) is 10.8 Å². The highest BCUT2D eigenvalue weighted by Crippen LogP contribution is 2.26. The summed E-state index contributed by atoms with van der Waals surface area (Å²) in [6.45, 7) is 9.05. The first-order valence-corrected chi connectivity index (χ1v) is 7.44. The summed E-state index contributed by atoms with van der Waals surface area (Å²) in [4.78, 5) is 28.1. The van der Waals surface area contributed by atoms with Crippen LogP contribution in [0.2, 0.25) is 0 Å². The largest absolute Gasteiger partial charge is 0.342 e. The number of aryl methyl sites for hydroxylation is 1. The molecule has 2 N–H and O–H groups in total. The smallest absolute Gasteiger partial charge is 0.313 e. The molecule has 2 amide bonds. The molecule has 0 radical (unpaired) electrons. The predicted molar refractivity (Wildman–Crippen MR) is 98.2 cm³/mol. The van der Waals surface area contributed by atoms with E-state index < -0.39 is 11.8 Å². The van der Waals surface area contributed by atoms with E-state index in [4.69, 9.17) is 0 Å². The Morgan fingerprint density at radius 2 is 1.88 bits per heavy atom. The van der Waals surface area contributed by atoms with Gasteiger partial charge >= 0.3 is 11.8 Å². The molecular weight excluding hydrogens is 302 g/mol. The van der Waals surface area contributed by atoms with Crippen molar-refractivity contribution in [2.75, 3.05) is 11.9 Å². The van der Waals surface area contributed by atoms with Gasteiger partial charge < -0.3 is 10.6 Å². The maximum absolute atomic E-state index is 12.2. The Morgan fingerprint density at radius 3 is 2.58 bits per heavy atom. The van der Waals surface area contributed by atoms with E-state index in [2.05, 4.69) is 28.8 Å². The number of fused-ring (bicyclic) bond motifs is 1. The van der Waals surface area contributed by atoms with Crippen LogP contribution in [0.3, 0.4) is 0 Å². The first-order valence-electron chi connectivity index (χ1n) is 7.44. The maximum Gasteiger partial charge on any atom is 0.313 e. The number of carbonyl (C=O) groups is 2. The number of nitrogens with one attached hydrogen (secondary N) is 2. The van der Waals surface area contributed by atoms with E-state index in [0.717, 1.165) is 16.3 Å². The molecule has 0 saturated heterocycles. The average molecular weight is 321 g/mol. The third-order valence-corrected chi connectivity index (χ3v) is 3.50. The van der Waals surface area contributed by atoms with E-state index in [1.165, 1.54) is 12.3 Å². The predicted octanol–water partition coefficient (Wildman–Crippen LogP) is 2.97. The van der Waals surface area contributed by atoms with Gasteiger partial charge in [0.1, 0.15) is 0 Å². The summed E-state index contributed by atoms with van der Waals surface area (Å²) in [6.07, 6.45) is 2.84. The van der Waals surface area contributed by atoms with Crippen LogP contribution in [-0.2, 0) is 9.59 Å². The zero-order valence-corrected chi connectivity index (χ0v) is 13.5. The zero-order valence-electron chi connectivity index (χ0n) is 13.5. The van der Waals surface area contributed by atoms with Gasteiger partial charge in [0.2, 0.25) is 0 Å². The molecule has 0 spiro atoms. The summed E-state index contributed by atoms with van der Waals surface area (Å²) in [6, 6.07) is 11.5. The molecule has 0 fully saturated rings. The Kier molecular flexibility index (Phi) is 5.63. The molecule has 0 atom stereocenters. The summed E-state index contributed by atoms with van der Waals surface area (Å²) in [5, 5.41) is 7.07. The number of rotatable bonds is 5. The lowest BCUT2D eigenvalue weighted by Gasteiger charge is -2.12. The molecule has 0 aliphatic rings.